The molecule has 0 saturated heterocycles. The summed E-state index contributed by atoms with van der Waals surface area (Å²) in [5.74, 6) is -0.396. The molecule has 1 amide bonds. The topological polar surface area (TPSA) is 49.3 Å². The first-order chi connectivity index (χ1) is 9.56. The van der Waals surface area contributed by atoms with E-state index in [1.54, 1.807) is 6.07 Å². The Morgan fingerprint density at radius 1 is 1.25 bits per heavy atom. The summed E-state index contributed by atoms with van der Waals surface area (Å²) in [7, 11) is 0. The molecule has 0 fully saturated rings. The molecular formula is C16H16ClNO2. The van der Waals surface area contributed by atoms with Crippen LogP contribution in [0.4, 0.5) is 0 Å². The van der Waals surface area contributed by atoms with Crippen LogP contribution >= 0.6 is 11.6 Å². The van der Waals surface area contributed by atoms with Crippen LogP contribution in [0.1, 0.15) is 22.8 Å². The molecule has 1 atom stereocenters. The van der Waals surface area contributed by atoms with E-state index in [9.17, 15) is 9.90 Å². The van der Waals surface area contributed by atoms with Gasteiger partial charge in [-0.3, -0.25) is 4.79 Å². The van der Waals surface area contributed by atoms with Crippen LogP contribution in [0.5, 0.6) is 5.75 Å². The summed E-state index contributed by atoms with van der Waals surface area (Å²) in [6, 6.07) is 14.3. The second-order valence-corrected chi connectivity index (χ2v) is 5.16. The Morgan fingerprint density at radius 2 is 1.95 bits per heavy atom. The van der Waals surface area contributed by atoms with Gasteiger partial charge in [-0.25, -0.2) is 0 Å². The number of carbonyl (C=O) groups is 1. The summed E-state index contributed by atoms with van der Waals surface area (Å²) in [4.78, 5) is 12.1. The minimum atomic E-state index is -0.326. The quantitative estimate of drug-likeness (QED) is 0.906. The highest BCUT2D eigenvalue weighted by molar-refractivity contribution is 6.31. The number of halogens is 1. The average molecular weight is 290 g/mol. The van der Waals surface area contributed by atoms with Crippen LogP contribution in [0, 0.1) is 0 Å². The molecule has 1 unspecified atom stereocenters. The van der Waals surface area contributed by atoms with Crippen molar-refractivity contribution in [1.82, 2.24) is 5.32 Å². The van der Waals surface area contributed by atoms with Crippen molar-refractivity contribution in [3.8, 4) is 5.75 Å². The largest absolute Gasteiger partial charge is 0.507 e. The van der Waals surface area contributed by atoms with Crippen LogP contribution in [0.3, 0.4) is 0 Å². The van der Waals surface area contributed by atoms with E-state index < -0.39 is 0 Å². The van der Waals surface area contributed by atoms with Gasteiger partial charge in [0.05, 0.1) is 5.56 Å². The lowest BCUT2D eigenvalue weighted by Crippen LogP contribution is -2.34. The monoisotopic (exact) mass is 289 g/mol. The van der Waals surface area contributed by atoms with Crippen molar-refractivity contribution in [3.05, 3.63) is 64.7 Å². The minimum absolute atomic E-state index is 0.0386. The van der Waals surface area contributed by atoms with Gasteiger partial charge < -0.3 is 10.4 Å². The summed E-state index contributed by atoms with van der Waals surface area (Å²) >= 11 is 5.84. The summed E-state index contributed by atoms with van der Waals surface area (Å²) < 4.78 is 0. The molecule has 2 N–H and O–H groups in total. The molecule has 3 nitrogen and oxygen atoms in total. The number of benzene rings is 2. The lowest BCUT2D eigenvalue weighted by molar-refractivity contribution is 0.0937. The Morgan fingerprint density at radius 3 is 2.65 bits per heavy atom. The van der Waals surface area contributed by atoms with E-state index in [1.165, 1.54) is 12.1 Å². The van der Waals surface area contributed by atoms with E-state index in [1.807, 2.05) is 37.3 Å². The second kappa shape index (κ2) is 6.44. The van der Waals surface area contributed by atoms with Crippen LogP contribution in [-0.4, -0.2) is 17.1 Å². The van der Waals surface area contributed by atoms with Crippen molar-refractivity contribution in [3.63, 3.8) is 0 Å². The highest BCUT2D eigenvalue weighted by Gasteiger charge is 2.14. The highest BCUT2D eigenvalue weighted by atomic mass is 35.5. The smallest absolute Gasteiger partial charge is 0.255 e. The van der Waals surface area contributed by atoms with Gasteiger partial charge in [0.1, 0.15) is 5.75 Å². The van der Waals surface area contributed by atoms with E-state index in [0.29, 0.717) is 5.02 Å². The van der Waals surface area contributed by atoms with Gasteiger partial charge in [-0.1, -0.05) is 41.9 Å². The molecule has 20 heavy (non-hydrogen) atoms. The number of amides is 1. The predicted molar refractivity (Wildman–Crippen MR) is 80.2 cm³/mol. The molecule has 0 aliphatic carbocycles. The zero-order valence-corrected chi connectivity index (χ0v) is 11.9. The number of aromatic hydroxyl groups is 1. The number of nitrogens with one attached hydrogen (secondary N) is 1. The lowest BCUT2D eigenvalue weighted by atomic mass is 10.1. The summed E-state index contributed by atoms with van der Waals surface area (Å²) in [5.41, 5.74) is 1.34. The number of hydrogen-bond acceptors (Lipinski definition) is 2. The number of phenols is 1. The van der Waals surface area contributed by atoms with Crippen molar-refractivity contribution in [1.29, 1.82) is 0 Å². The first-order valence-corrected chi connectivity index (χ1v) is 6.77. The fraction of sp³-hybridized carbons (Fsp3) is 0.188. The molecule has 2 rings (SSSR count). The standard InChI is InChI=1S/C16H16ClNO2/c1-11(9-12-5-3-2-4-6-12)18-16(20)14-10-13(17)7-8-15(14)19/h2-8,10-11,19H,9H2,1H3,(H,18,20). The molecule has 104 valence electrons. The SMILES string of the molecule is CC(Cc1ccccc1)NC(=O)c1cc(Cl)ccc1O. The van der Waals surface area contributed by atoms with Crippen molar-refractivity contribution in [2.24, 2.45) is 0 Å². The van der Waals surface area contributed by atoms with Crippen molar-refractivity contribution in [2.45, 2.75) is 19.4 Å². The van der Waals surface area contributed by atoms with E-state index in [4.69, 9.17) is 11.6 Å². The Labute approximate surface area is 123 Å². The van der Waals surface area contributed by atoms with Gasteiger partial charge in [0, 0.05) is 11.1 Å². The molecule has 0 radical (unpaired) electrons. The number of hydrogen-bond donors (Lipinski definition) is 2. The van der Waals surface area contributed by atoms with Crippen molar-refractivity contribution >= 4 is 17.5 Å². The summed E-state index contributed by atoms with van der Waals surface area (Å²) in [5, 5.41) is 13.0. The molecule has 0 aliphatic rings. The molecule has 4 heteroatoms. The summed E-state index contributed by atoms with van der Waals surface area (Å²) in [6.07, 6.45) is 0.730. The van der Waals surface area contributed by atoms with Crippen LogP contribution in [0.15, 0.2) is 48.5 Å². The molecule has 0 aromatic heterocycles. The molecule has 0 heterocycles. The lowest BCUT2D eigenvalue weighted by Gasteiger charge is -2.14. The molecule has 0 saturated carbocycles. The maximum absolute atomic E-state index is 12.1. The Kier molecular flexibility index (Phi) is 4.64. The third kappa shape index (κ3) is 3.75. The zero-order chi connectivity index (χ0) is 14.5. The first-order valence-electron chi connectivity index (χ1n) is 6.39. The van der Waals surface area contributed by atoms with Crippen LogP contribution in [-0.2, 0) is 6.42 Å². The number of rotatable bonds is 4. The van der Waals surface area contributed by atoms with Gasteiger partial charge in [0.2, 0.25) is 0 Å². The van der Waals surface area contributed by atoms with Gasteiger partial charge in [0.25, 0.3) is 5.91 Å². The zero-order valence-electron chi connectivity index (χ0n) is 11.1. The first kappa shape index (κ1) is 14.4. The Balaban J connectivity index is 2.02. The van der Waals surface area contributed by atoms with E-state index in [0.717, 1.165) is 12.0 Å². The molecular weight excluding hydrogens is 274 g/mol. The molecule has 2 aromatic carbocycles. The minimum Gasteiger partial charge on any atom is -0.507 e. The van der Waals surface area contributed by atoms with Crippen molar-refractivity contribution < 1.29 is 9.90 Å². The van der Waals surface area contributed by atoms with E-state index in [-0.39, 0.29) is 23.3 Å². The van der Waals surface area contributed by atoms with E-state index >= 15 is 0 Å². The normalized spacial score (nSPS) is 11.9. The highest BCUT2D eigenvalue weighted by Crippen LogP contribution is 2.21. The Hall–Kier alpha value is -2.00. The van der Waals surface area contributed by atoms with Gasteiger partial charge in [-0.05, 0) is 37.1 Å². The molecule has 2 aromatic rings. The van der Waals surface area contributed by atoms with Gasteiger partial charge in [0.15, 0.2) is 0 Å². The van der Waals surface area contributed by atoms with Gasteiger partial charge in [-0.2, -0.15) is 0 Å². The third-order valence-corrected chi connectivity index (χ3v) is 3.20. The van der Waals surface area contributed by atoms with Crippen LogP contribution in [0.25, 0.3) is 0 Å². The van der Waals surface area contributed by atoms with Crippen molar-refractivity contribution in [2.75, 3.05) is 0 Å². The third-order valence-electron chi connectivity index (χ3n) is 2.97. The van der Waals surface area contributed by atoms with Gasteiger partial charge >= 0.3 is 0 Å². The predicted octanol–water partition coefficient (Wildman–Crippen LogP) is 3.41. The number of carbonyl (C=O) groups excluding carboxylic acids is 1. The molecule has 0 aliphatic heterocycles. The Bertz CT molecular complexity index is 599. The van der Waals surface area contributed by atoms with E-state index in [2.05, 4.69) is 5.32 Å². The maximum atomic E-state index is 12.1. The molecule has 0 spiro atoms. The fourth-order valence-corrected chi connectivity index (χ4v) is 2.18. The molecule has 0 bridgehead atoms. The number of phenolic OH excluding ortho intramolecular Hbond substituents is 1. The van der Waals surface area contributed by atoms with Crippen LogP contribution in [0.2, 0.25) is 5.02 Å². The summed E-state index contributed by atoms with van der Waals surface area (Å²) in [6.45, 7) is 1.92. The maximum Gasteiger partial charge on any atom is 0.255 e. The van der Waals surface area contributed by atoms with Crippen LogP contribution < -0.4 is 5.32 Å². The second-order valence-electron chi connectivity index (χ2n) is 4.73. The van der Waals surface area contributed by atoms with Gasteiger partial charge in [-0.15, -0.1) is 0 Å². The average Bonchev–Trinajstić information content (AvgIpc) is 2.42. The fourth-order valence-electron chi connectivity index (χ4n) is 2.01.